The number of carbonyl (C=O) groups is 2. The minimum atomic E-state index is -1.13. The molecule has 0 radical (unpaired) electrons. The zero-order chi connectivity index (χ0) is 14.0. The van der Waals surface area contributed by atoms with E-state index in [4.69, 9.17) is 10.2 Å². The first-order chi connectivity index (χ1) is 8.51. The SMILES string of the molecule is C=C/C(=C\C)CCCCNC(CC(=O)O)C(=O)O. The quantitative estimate of drug-likeness (QED) is 0.409. The summed E-state index contributed by atoms with van der Waals surface area (Å²) >= 11 is 0. The highest BCUT2D eigenvalue weighted by molar-refractivity contribution is 5.80. The van der Waals surface area contributed by atoms with Crippen molar-refractivity contribution >= 4 is 11.9 Å². The Bertz CT molecular complexity index is 323. The second-order valence-electron chi connectivity index (χ2n) is 3.97. The molecular formula is C13H21NO4. The van der Waals surface area contributed by atoms with Crippen molar-refractivity contribution in [2.45, 2.75) is 38.6 Å². The van der Waals surface area contributed by atoms with Crippen molar-refractivity contribution in [3.8, 4) is 0 Å². The zero-order valence-electron chi connectivity index (χ0n) is 10.7. The summed E-state index contributed by atoms with van der Waals surface area (Å²) in [6.45, 7) is 6.13. The topological polar surface area (TPSA) is 86.6 Å². The maximum atomic E-state index is 10.8. The molecule has 1 unspecified atom stereocenters. The molecule has 0 bridgehead atoms. The summed E-state index contributed by atoms with van der Waals surface area (Å²) in [5.74, 6) is -2.24. The van der Waals surface area contributed by atoms with E-state index in [1.54, 1.807) is 6.08 Å². The van der Waals surface area contributed by atoms with Crippen LogP contribution < -0.4 is 5.32 Å². The van der Waals surface area contributed by atoms with E-state index in [0.717, 1.165) is 24.8 Å². The lowest BCUT2D eigenvalue weighted by Gasteiger charge is -2.12. The Morgan fingerprint density at radius 1 is 1.33 bits per heavy atom. The Morgan fingerprint density at radius 2 is 2.00 bits per heavy atom. The van der Waals surface area contributed by atoms with Crippen LogP contribution in [-0.4, -0.2) is 34.7 Å². The highest BCUT2D eigenvalue weighted by Gasteiger charge is 2.19. The van der Waals surface area contributed by atoms with Crippen LogP contribution in [0.2, 0.25) is 0 Å². The van der Waals surface area contributed by atoms with E-state index in [9.17, 15) is 9.59 Å². The summed E-state index contributed by atoms with van der Waals surface area (Å²) < 4.78 is 0. The fourth-order valence-electron chi connectivity index (χ4n) is 1.52. The van der Waals surface area contributed by atoms with Gasteiger partial charge in [-0.25, -0.2) is 0 Å². The van der Waals surface area contributed by atoms with Crippen LogP contribution in [0.4, 0.5) is 0 Å². The Balaban J connectivity index is 3.83. The highest BCUT2D eigenvalue weighted by Crippen LogP contribution is 2.07. The van der Waals surface area contributed by atoms with Gasteiger partial charge in [-0.15, -0.1) is 0 Å². The molecule has 18 heavy (non-hydrogen) atoms. The van der Waals surface area contributed by atoms with Crippen LogP contribution in [0.1, 0.15) is 32.6 Å². The average molecular weight is 255 g/mol. The van der Waals surface area contributed by atoms with Gasteiger partial charge in [0.05, 0.1) is 6.42 Å². The standard InChI is InChI=1S/C13H21NO4/c1-3-10(4-2)7-5-6-8-14-11(13(17)18)9-12(15)16/h3-4,11,14H,1,5-9H2,2H3,(H,15,16)(H,17,18)/b10-4+. The van der Waals surface area contributed by atoms with E-state index in [1.165, 1.54) is 0 Å². The van der Waals surface area contributed by atoms with Crippen molar-refractivity contribution in [1.82, 2.24) is 5.32 Å². The third-order valence-corrected chi connectivity index (χ3v) is 2.59. The fraction of sp³-hybridized carbons (Fsp3) is 0.538. The van der Waals surface area contributed by atoms with Crippen molar-refractivity contribution in [3.05, 3.63) is 24.3 Å². The number of carboxylic acid groups (broad SMARTS) is 2. The van der Waals surface area contributed by atoms with Gasteiger partial charge >= 0.3 is 11.9 Å². The maximum Gasteiger partial charge on any atom is 0.321 e. The molecule has 5 nitrogen and oxygen atoms in total. The molecule has 3 N–H and O–H groups in total. The van der Waals surface area contributed by atoms with Crippen LogP contribution in [0, 0.1) is 0 Å². The maximum absolute atomic E-state index is 10.8. The molecule has 0 amide bonds. The number of nitrogens with one attached hydrogen (secondary N) is 1. The molecule has 0 aromatic carbocycles. The van der Waals surface area contributed by atoms with Crippen LogP contribution in [0.5, 0.6) is 0 Å². The summed E-state index contributed by atoms with van der Waals surface area (Å²) in [6, 6.07) is -1.01. The third-order valence-electron chi connectivity index (χ3n) is 2.59. The molecule has 0 spiro atoms. The predicted octanol–water partition coefficient (Wildman–Crippen LogP) is 1.81. The predicted molar refractivity (Wildman–Crippen MR) is 69.5 cm³/mol. The van der Waals surface area contributed by atoms with E-state index in [0.29, 0.717) is 6.54 Å². The third kappa shape index (κ3) is 7.62. The van der Waals surface area contributed by atoms with Gasteiger partial charge in [-0.3, -0.25) is 9.59 Å². The second kappa shape index (κ2) is 9.41. The largest absolute Gasteiger partial charge is 0.481 e. The molecule has 1 atom stereocenters. The van der Waals surface area contributed by atoms with Gasteiger partial charge in [0.25, 0.3) is 0 Å². The van der Waals surface area contributed by atoms with Crippen molar-refractivity contribution < 1.29 is 19.8 Å². The van der Waals surface area contributed by atoms with Crippen LogP contribution in [0.3, 0.4) is 0 Å². The van der Waals surface area contributed by atoms with Crippen molar-refractivity contribution in [1.29, 1.82) is 0 Å². The Morgan fingerprint density at radius 3 is 2.44 bits per heavy atom. The first-order valence-electron chi connectivity index (χ1n) is 5.96. The van der Waals surface area contributed by atoms with Gasteiger partial charge in [-0.2, -0.15) is 0 Å². The Labute approximate surface area is 107 Å². The van der Waals surface area contributed by atoms with Crippen molar-refractivity contribution in [2.24, 2.45) is 0 Å². The summed E-state index contributed by atoms with van der Waals surface area (Å²) in [7, 11) is 0. The number of hydrogen-bond acceptors (Lipinski definition) is 3. The van der Waals surface area contributed by atoms with Gasteiger partial charge in [-0.05, 0) is 32.7 Å². The number of hydrogen-bond donors (Lipinski definition) is 3. The molecule has 5 heteroatoms. The second-order valence-corrected chi connectivity index (χ2v) is 3.97. The fourth-order valence-corrected chi connectivity index (χ4v) is 1.52. The van der Waals surface area contributed by atoms with Crippen LogP contribution in [-0.2, 0) is 9.59 Å². The van der Waals surface area contributed by atoms with Gasteiger partial charge in [0.15, 0.2) is 0 Å². The van der Waals surface area contributed by atoms with Crippen molar-refractivity contribution in [2.75, 3.05) is 6.54 Å². The lowest BCUT2D eigenvalue weighted by Crippen LogP contribution is -2.39. The molecule has 0 saturated carbocycles. The van der Waals surface area contributed by atoms with Gasteiger partial charge < -0.3 is 15.5 Å². The van der Waals surface area contributed by atoms with Crippen LogP contribution >= 0.6 is 0 Å². The smallest absolute Gasteiger partial charge is 0.321 e. The summed E-state index contributed by atoms with van der Waals surface area (Å²) in [5.41, 5.74) is 1.16. The Kier molecular flexibility index (Phi) is 8.57. The number of rotatable bonds is 10. The lowest BCUT2D eigenvalue weighted by molar-refractivity contribution is -0.145. The number of carboxylic acids is 2. The average Bonchev–Trinajstić information content (AvgIpc) is 2.31. The summed E-state index contributed by atoms with van der Waals surface area (Å²) in [4.78, 5) is 21.2. The van der Waals surface area contributed by atoms with E-state index in [2.05, 4.69) is 11.9 Å². The molecule has 0 aliphatic carbocycles. The van der Waals surface area contributed by atoms with Gasteiger partial charge in [-0.1, -0.05) is 24.3 Å². The molecule has 0 heterocycles. The van der Waals surface area contributed by atoms with Crippen molar-refractivity contribution in [3.63, 3.8) is 0 Å². The molecule has 0 aliphatic heterocycles. The monoisotopic (exact) mass is 255 g/mol. The molecular weight excluding hydrogens is 234 g/mol. The van der Waals surface area contributed by atoms with Gasteiger partial charge in [0, 0.05) is 0 Å². The highest BCUT2D eigenvalue weighted by atomic mass is 16.4. The molecule has 0 rings (SSSR count). The van der Waals surface area contributed by atoms with Gasteiger partial charge in [0.2, 0.25) is 0 Å². The van der Waals surface area contributed by atoms with Crippen LogP contribution in [0.15, 0.2) is 24.3 Å². The number of aliphatic carboxylic acids is 2. The zero-order valence-corrected chi connectivity index (χ0v) is 10.7. The molecule has 0 aromatic heterocycles. The summed E-state index contributed by atoms with van der Waals surface area (Å²) in [6.07, 6.45) is 6.01. The Hall–Kier alpha value is -1.62. The van der Waals surface area contributed by atoms with E-state index >= 15 is 0 Å². The first-order valence-corrected chi connectivity index (χ1v) is 5.96. The molecule has 0 fully saturated rings. The lowest BCUT2D eigenvalue weighted by atomic mass is 10.1. The minimum Gasteiger partial charge on any atom is -0.481 e. The van der Waals surface area contributed by atoms with E-state index in [1.807, 2.05) is 13.0 Å². The van der Waals surface area contributed by atoms with Crippen LogP contribution in [0.25, 0.3) is 0 Å². The van der Waals surface area contributed by atoms with E-state index < -0.39 is 24.4 Å². The number of allylic oxidation sites excluding steroid dienone is 3. The minimum absolute atomic E-state index is 0.401. The summed E-state index contributed by atoms with van der Waals surface area (Å²) in [5, 5.41) is 20.1. The normalized spacial score (nSPS) is 13.1. The first kappa shape index (κ1) is 16.4. The molecule has 0 aliphatic rings. The van der Waals surface area contributed by atoms with Gasteiger partial charge in [0.1, 0.15) is 6.04 Å². The van der Waals surface area contributed by atoms with E-state index in [-0.39, 0.29) is 0 Å². The number of unbranched alkanes of at least 4 members (excludes halogenated alkanes) is 1. The molecule has 102 valence electrons. The molecule has 0 saturated heterocycles. The molecule has 0 aromatic rings.